The fourth-order valence-electron chi connectivity index (χ4n) is 1.64. The van der Waals surface area contributed by atoms with Crippen molar-refractivity contribution in [1.82, 2.24) is 5.32 Å². The number of aromatic carboxylic acids is 1. The van der Waals surface area contributed by atoms with Gasteiger partial charge in [-0.3, -0.25) is 0 Å². The van der Waals surface area contributed by atoms with E-state index in [0.29, 0.717) is 11.6 Å². The molecule has 0 spiro atoms. The third-order valence-corrected chi connectivity index (χ3v) is 3.26. The third-order valence-electron chi connectivity index (χ3n) is 3.26. The Hall–Kier alpha value is -2.04. The van der Waals surface area contributed by atoms with E-state index in [0.717, 1.165) is 6.42 Å². The van der Waals surface area contributed by atoms with E-state index in [1.165, 1.54) is 6.07 Å². The molecule has 0 aromatic heterocycles. The lowest BCUT2D eigenvalue weighted by molar-refractivity contribution is 0.0698. The topological polar surface area (TPSA) is 78.4 Å². The van der Waals surface area contributed by atoms with Crippen LogP contribution in [0, 0.1) is 5.92 Å². The fourth-order valence-corrected chi connectivity index (χ4v) is 1.64. The Bertz CT molecular complexity index is 460. The monoisotopic (exact) mass is 264 g/mol. The number of para-hydroxylation sites is 1. The molecular formula is C14H20N2O3. The normalized spacial score (nSPS) is 13.4. The number of anilines is 1. The van der Waals surface area contributed by atoms with Gasteiger partial charge in [-0.2, -0.15) is 0 Å². The second-order valence-corrected chi connectivity index (χ2v) is 4.62. The van der Waals surface area contributed by atoms with Gasteiger partial charge in [-0.1, -0.05) is 32.4 Å². The smallest absolute Gasteiger partial charge is 0.337 e. The van der Waals surface area contributed by atoms with E-state index in [-0.39, 0.29) is 17.6 Å². The Balaban J connectivity index is 2.70. The minimum absolute atomic E-state index is 0.0296. The van der Waals surface area contributed by atoms with E-state index < -0.39 is 5.97 Å². The van der Waals surface area contributed by atoms with Crippen LogP contribution in [0.1, 0.15) is 37.6 Å². The van der Waals surface area contributed by atoms with Crippen LogP contribution in [0.25, 0.3) is 0 Å². The first-order chi connectivity index (χ1) is 8.95. The largest absolute Gasteiger partial charge is 0.478 e. The number of nitrogens with one attached hydrogen (secondary N) is 2. The summed E-state index contributed by atoms with van der Waals surface area (Å²) in [5.41, 5.74) is 0.373. The van der Waals surface area contributed by atoms with Crippen molar-refractivity contribution in [2.24, 2.45) is 5.92 Å². The number of carboxylic acid groups (broad SMARTS) is 1. The number of rotatable bonds is 5. The minimum Gasteiger partial charge on any atom is -0.478 e. The van der Waals surface area contributed by atoms with Crippen LogP contribution >= 0.6 is 0 Å². The van der Waals surface area contributed by atoms with Crippen LogP contribution in [0.15, 0.2) is 24.3 Å². The van der Waals surface area contributed by atoms with Crippen molar-refractivity contribution in [1.29, 1.82) is 0 Å². The zero-order valence-electron chi connectivity index (χ0n) is 11.4. The molecule has 5 nitrogen and oxygen atoms in total. The predicted molar refractivity (Wildman–Crippen MR) is 74.5 cm³/mol. The van der Waals surface area contributed by atoms with Gasteiger partial charge in [0.15, 0.2) is 0 Å². The van der Waals surface area contributed by atoms with Gasteiger partial charge in [0.2, 0.25) is 0 Å². The second kappa shape index (κ2) is 6.78. The Morgan fingerprint density at radius 1 is 1.26 bits per heavy atom. The van der Waals surface area contributed by atoms with Crippen molar-refractivity contribution in [3.63, 3.8) is 0 Å². The van der Waals surface area contributed by atoms with E-state index in [9.17, 15) is 9.59 Å². The first kappa shape index (κ1) is 15.0. The molecule has 104 valence electrons. The first-order valence-corrected chi connectivity index (χ1v) is 6.35. The van der Waals surface area contributed by atoms with E-state index in [2.05, 4.69) is 24.5 Å². The summed E-state index contributed by atoms with van der Waals surface area (Å²) in [6, 6.07) is 5.96. The number of hydrogen-bond donors (Lipinski definition) is 3. The van der Waals surface area contributed by atoms with Crippen molar-refractivity contribution < 1.29 is 14.7 Å². The standard InChI is InChI=1S/C14H20N2O3/c1-4-9(2)10(3)15-14(19)16-12-8-6-5-7-11(12)13(17)18/h5-10H,4H2,1-3H3,(H,17,18)(H2,15,16,19). The van der Waals surface area contributed by atoms with Gasteiger partial charge in [0.1, 0.15) is 0 Å². The summed E-state index contributed by atoms with van der Waals surface area (Å²) >= 11 is 0. The maximum atomic E-state index is 11.8. The van der Waals surface area contributed by atoms with Crippen LogP contribution in [-0.2, 0) is 0 Å². The molecule has 1 aromatic carbocycles. The highest BCUT2D eigenvalue weighted by Gasteiger charge is 2.15. The van der Waals surface area contributed by atoms with Gasteiger partial charge in [-0.15, -0.1) is 0 Å². The van der Waals surface area contributed by atoms with Crippen molar-refractivity contribution in [3.8, 4) is 0 Å². The zero-order valence-corrected chi connectivity index (χ0v) is 11.4. The van der Waals surface area contributed by atoms with Crippen LogP contribution in [-0.4, -0.2) is 23.1 Å². The molecule has 0 heterocycles. The van der Waals surface area contributed by atoms with Gasteiger partial charge < -0.3 is 15.7 Å². The lowest BCUT2D eigenvalue weighted by atomic mass is 10.0. The molecule has 2 atom stereocenters. The molecule has 0 aliphatic heterocycles. The maximum Gasteiger partial charge on any atom is 0.337 e. The van der Waals surface area contributed by atoms with E-state index in [4.69, 9.17) is 5.11 Å². The van der Waals surface area contributed by atoms with Crippen molar-refractivity contribution in [2.45, 2.75) is 33.2 Å². The van der Waals surface area contributed by atoms with Gasteiger partial charge in [0.05, 0.1) is 11.3 Å². The predicted octanol–water partition coefficient (Wildman–Crippen LogP) is 2.94. The summed E-state index contributed by atoms with van der Waals surface area (Å²) in [6.45, 7) is 6.04. The van der Waals surface area contributed by atoms with E-state index in [1.807, 2.05) is 6.92 Å². The molecule has 2 amide bonds. The highest BCUT2D eigenvalue weighted by molar-refractivity contribution is 5.99. The lowest BCUT2D eigenvalue weighted by Crippen LogP contribution is -2.39. The van der Waals surface area contributed by atoms with E-state index >= 15 is 0 Å². The van der Waals surface area contributed by atoms with Crippen molar-refractivity contribution in [2.75, 3.05) is 5.32 Å². The molecule has 2 unspecified atom stereocenters. The lowest BCUT2D eigenvalue weighted by Gasteiger charge is -2.20. The number of urea groups is 1. The molecule has 1 rings (SSSR count). The van der Waals surface area contributed by atoms with Crippen molar-refractivity contribution >= 4 is 17.7 Å². The Morgan fingerprint density at radius 3 is 2.47 bits per heavy atom. The average molecular weight is 264 g/mol. The highest BCUT2D eigenvalue weighted by Crippen LogP contribution is 2.15. The molecule has 0 radical (unpaired) electrons. The van der Waals surface area contributed by atoms with Gasteiger partial charge in [-0.25, -0.2) is 9.59 Å². The van der Waals surface area contributed by atoms with E-state index in [1.54, 1.807) is 18.2 Å². The molecule has 19 heavy (non-hydrogen) atoms. The average Bonchev–Trinajstić information content (AvgIpc) is 2.37. The minimum atomic E-state index is -1.06. The molecule has 0 fully saturated rings. The summed E-state index contributed by atoms with van der Waals surface area (Å²) in [7, 11) is 0. The highest BCUT2D eigenvalue weighted by atomic mass is 16.4. The van der Waals surface area contributed by atoms with Crippen LogP contribution in [0.2, 0.25) is 0 Å². The molecule has 5 heteroatoms. The Labute approximate surface area is 113 Å². The van der Waals surface area contributed by atoms with Gasteiger partial charge in [0.25, 0.3) is 0 Å². The summed E-state index contributed by atoms with van der Waals surface area (Å²) < 4.78 is 0. The number of carbonyl (C=O) groups is 2. The van der Waals surface area contributed by atoms with Gasteiger partial charge in [-0.05, 0) is 25.0 Å². The molecular weight excluding hydrogens is 244 g/mol. The SMILES string of the molecule is CCC(C)C(C)NC(=O)Nc1ccccc1C(=O)O. The summed E-state index contributed by atoms with van der Waals surface area (Å²) in [4.78, 5) is 22.8. The first-order valence-electron chi connectivity index (χ1n) is 6.35. The fraction of sp³-hybridized carbons (Fsp3) is 0.429. The molecule has 0 bridgehead atoms. The molecule has 0 saturated carbocycles. The summed E-state index contributed by atoms with van der Waals surface area (Å²) in [5, 5.41) is 14.4. The number of benzene rings is 1. The zero-order chi connectivity index (χ0) is 14.4. The van der Waals surface area contributed by atoms with Gasteiger partial charge >= 0.3 is 12.0 Å². The summed E-state index contributed by atoms with van der Waals surface area (Å²) in [5.74, 6) is -0.702. The van der Waals surface area contributed by atoms with Crippen molar-refractivity contribution in [3.05, 3.63) is 29.8 Å². The van der Waals surface area contributed by atoms with Crippen LogP contribution in [0.4, 0.5) is 10.5 Å². The third kappa shape index (κ3) is 4.28. The molecule has 0 aliphatic carbocycles. The van der Waals surface area contributed by atoms with Crippen LogP contribution < -0.4 is 10.6 Å². The Morgan fingerprint density at radius 2 is 1.89 bits per heavy atom. The number of carboxylic acids is 1. The number of amides is 2. The summed E-state index contributed by atoms with van der Waals surface area (Å²) in [6.07, 6.45) is 0.965. The van der Waals surface area contributed by atoms with Gasteiger partial charge in [0, 0.05) is 6.04 Å². The molecule has 1 aromatic rings. The number of carbonyl (C=O) groups excluding carboxylic acids is 1. The molecule has 3 N–H and O–H groups in total. The van der Waals surface area contributed by atoms with Crippen LogP contribution in [0.5, 0.6) is 0 Å². The quantitative estimate of drug-likeness (QED) is 0.765. The Kier molecular flexibility index (Phi) is 5.36. The van der Waals surface area contributed by atoms with Crippen LogP contribution in [0.3, 0.4) is 0 Å². The second-order valence-electron chi connectivity index (χ2n) is 4.62. The number of hydrogen-bond acceptors (Lipinski definition) is 2. The maximum absolute atomic E-state index is 11.8. The molecule has 0 aliphatic rings. The molecule has 0 saturated heterocycles.